The number of carbonyl (C=O) groups excluding carboxylic acids is 1. The third kappa shape index (κ3) is 4.76. The van der Waals surface area contributed by atoms with Crippen molar-refractivity contribution in [3.63, 3.8) is 0 Å². The van der Waals surface area contributed by atoms with Gasteiger partial charge >= 0.3 is 12.9 Å². The highest BCUT2D eigenvalue weighted by Gasteiger charge is 2.38. The van der Waals surface area contributed by atoms with Gasteiger partial charge in [0.25, 0.3) is 5.91 Å². The van der Waals surface area contributed by atoms with Gasteiger partial charge in [0.1, 0.15) is 5.75 Å². The maximum Gasteiger partial charge on any atom is 0.416 e. The molecule has 2 aromatic rings. The Morgan fingerprint density at radius 3 is 2.50 bits per heavy atom. The fraction of sp³-hybridized carbons (Fsp3) is 0.462. The van der Waals surface area contributed by atoms with E-state index in [0.717, 1.165) is 54.8 Å². The topological polar surface area (TPSA) is 37.1 Å². The average molecular weight is 472 g/mol. The number of hydrogen-bond donors (Lipinski definition) is 0. The fourth-order valence-electron chi connectivity index (χ4n) is 5.19. The zero-order valence-electron chi connectivity index (χ0n) is 19.4. The Bertz CT molecular complexity index is 1090. The molecule has 2 atom stereocenters. The van der Waals surface area contributed by atoms with Crippen LogP contribution in [0.1, 0.15) is 57.9 Å². The molecular weight excluding hydrogens is 443 g/mol. The summed E-state index contributed by atoms with van der Waals surface area (Å²) in [4.78, 5) is 20.5. The third-order valence-electron chi connectivity index (χ3n) is 7.11. The predicted octanol–water partition coefficient (Wildman–Crippen LogP) is 5.63. The molecule has 8 heteroatoms. The molecule has 2 aliphatic rings. The van der Waals surface area contributed by atoms with Crippen molar-refractivity contribution < 1.29 is 22.7 Å². The van der Waals surface area contributed by atoms with Gasteiger partial charge in [0.15, 0.2) is 0 Å². The highest BCUT2D eigenvalue weighted by Crippen LogP contribution is 2.39. The van der Waals surface area contributed by atoms with Crippen LogP contribution in [0.25, 0.3) is 4.85 Å². The minimum absolute atomic E-state index is 0.0000493. The molecule has 34 heavy (non-hydrogen) atoms. The van der Waals surface area contributed by atoms with Crippen LogP contribution < -0.4 is 4.74 Å². The molecule has 5 nitrogen and oxygen atoms in total. The lowest BCUT2D eigenvalue weighted by Crippen LogP contribution is -2.57. The van der Waals surface area contributed by atoms with Crippen LogP contribution in [0.4, 0.5) is 13.2 Å². The summed E-state index contributed by atoms with van der Waals surface area (Å²) in [5.74, 6) is 0.514. The van der Waals surface area contributed by atoms with Crippen molar-refractivity contribution in [2.75, 3.05) is 26.4 Å². The number of carbonyl (C=O) groups is 1. The number of nitrogens with zero attached hydrogens (tertiary/aromatic N) is 3. The maximum absolute atomic E-state index is 13.0. The lowest BCUT2D eigenvalue weighted by atomic mass is 9.86. The van der Waals surface area contributed by atoms with Crippen molar-refractivity contribution in [1.29, 1.82) is 0 Å². The molecule has 180 valence electrons. The summed E-state index contributed by atoms with van der Waals surface area (Å²) < 4.78 is 44.1. The molecule has 0 saturated carbocycles. The van der Waals surface area contributed by atoms with E-state index >= 15 is 0 Å². The van der Waals surface area contributed by atoms with Crippen LogP contribution >= 0.6 is 0 Å². The van der Waals surface area contributed by atoms with Gasteiger partial charge in [-0.1, -0.05) is 6.07 Å². The van der Waals surface area contributed by atoms with Crippen LogP contribution in [0, 0.1) is 20.4 Å². The second-order valence-corrected chi connectivity index (χ2v) is 9.00. The van der Waals surface area contributed by atoms with E-state index < -0.39 is 11.7 Å². The molecule has 4 rings (SSSR count). The largest absolute Gasteiger partial charge is 0.426 e. The number of piperazine rings is 1. The van der Waals surface area contributed by atoms with E-state index in [-0.39, 0.29) is 30.3 Å². The molecule has 2 fully saturated rings. The summed E-state index contributed by atoms with van der Waals surface area (Å²) in [6, 6.07) is 8.97. The molecule has 2 aliphatic heterocycles. The summed E-state index contributed by atoms with van der Waals surface area (Å²) in [5, 5.41) is 0. The number of halogens is 3. The Labute approximate surface area is 197 Å². The van der Waals surface area contributed by atoms with Crippen LogP contribution in [-0.2, 0) is 6.18 Å². The molecule has 1 unspecified atom stereocenters. The number of fused-ring (bicyclic) bond motifs is 1. The highest BCUT2D eigenvalue weighted by atomic mass is 19.4. The first-order valence-corrected chi connectivity index (χ1v) is 11.5. The van der Waals surface area contributed by atoms with Crippen molar-refractivity contribution in [1.82, 2.24) is 9.80 Å². The van der Waals surface area contributed by atoms with Crippen molar-refractivity contribution in [2.45, 2.75) is 51.4 Å². The van der Waals surface area contributed by atoms with Gasteiger partial charge in [-0.15, -0.1) is 0 Å². The zero-order valence-corrected chi connectivity index (χ0v) is 19.4. The number of rotatable bonds is 4. The van der Waals surface area contributed by atoms with Gasteiger partial charge < -0.3 is 9.64 Å². The normalized spacial score (nSPS) is 21.0. The molecule has 1 amide bonds. The van der Waals surface area contributed by atoms with E-state index in [1.165, 1.54) is 17.7 Å². The van der Waals surface area contributed by atoms with Crippen LogP contribution in [-0.4, -0.2) is 48.1 Å². The van der Waals surface area contributed by atoms with Crippen molar-refractivity contribution in [2.24, 2.45) is 0 Å². The third-order valence-corrected chi connectivity index (χ3v) is 7.11. The Balaban J connectivity index is 1.48. The first-order valence-electron chi connectivity index (χ1n) is 11.5. The van der Waals surface area contributed by atoms with Crippen molar-refractivity contribution in [3.05, 3.63) is 75.6 Å². The molecule has 0 N–H and O–H groups in total. The summed E-state index contributed by atoms with van der Waals surface area (Å²) >= 11 is 0. The molecule has 0 spiro atoms. The smallest absolute Gasteiger partial charge is 0.416 e. The van der Waals surface area contributed by atoms with E-state index in [1.807, 2.05) is 13.0 Å². The van der Waals surface area contributed by atoms with Crippen LogP contribution in [0.2, 0.25) is 0 Å². The second-order valence-electron chi connectivity index (χ2n) is 9.00. The molecule has 2 aromatic carbocycles. The van der Waals surface area contributed by atoms with Gasteiger partial charge in [-0.2, -0.15) is 13.2 Å². The summed E-state index contributed by atoms with van der Waals surface area (Å²) in [7, 11) is 0. The molecule has 0 bridgehead atoms. The summed E-state index contributed by atoms with van der Waals surface area (Å²) in [6.45, 7) is 12.9. The SMILES string of the molecule is [C-]#[N+]COc1ccc(C2CCC[C@H]3CN(C(=O)c4ccc(C(F)(F)F)cc4)CCN23)c(C)c1C. The van der Waals surface area contributed by atoms with Crippen LogP contribution in [0.15, 0.2) is 36.4 Å². The number of amides is 1. The zero-order chi connectivity index (χ0) is 24.5. The van der Waals surface area contributed by atoms with E-state index in [2.05, 4.69) is 22.7 Å². The summed E-state index contributed by atoms with van der Waals surface area (Å²) in [5.41, 5.74) is 2.99. The molecule has 0 radical (unpaired) electrons. The number of piperidine rings is 1. The van der Waals surface area contributed by atoms with Gasteiger partial charge in [-0.25, -0.2) is 6.57 Å². The number of hydrogen-bond acceptors (Lipinski definition) is 3. The number of ether oxygens (including phenoxy) is 1. The average Bonchev–Trinajstić information content (AvgIpc) is 2.83. The van der Waals surface area contributed by atoms with Gasteiger partial charge in [-0.3, -0.25) is 14.5 Å². The standard InChI is InChI=1S/C26H28F3N3O2/c1-17-18(2)24(34-16-30-3)12-11-22(17)23-6-4-5-21-15-31(13-14-32(21)23)25(33)19-7-9-20(10-8-19)26(27,28)29/h7-12,21,23H,4-6,13-16H2,1-2H3/t21-,23?/m0/s1. The second kappa shape index (κ2) is 9.67. The minimum Gasteiger partial charge on any atom is -0.426 e. The lowest BCUT2D eigenvalue weighted by Gasteiger charge is -2.48. The summed E-state index contributed by atoms with van der Waals surface area (Å²) in [6.07, 6.45) is -1.35. The Morgan fingerprint density at radius 1 is 1.09 bits per heavy atom. The predicted molar refractivity (Wildman–Crippen MR) is 122 cm³/mol. The fourth-order valence-corrected chi connectivity index (χ4v) is 5.19. The first kappa shape index (κ1) is 24.1. The molecule has 2 saturated heterocycles. The number of benzene rings is 2. The van der Waals surface area contributed by atoms with Crippen LogP contribution in [0.3, 0.4) is 0 Å². The first-order chi connectivity index (χ1) is 16.2. The number of alkyl halides is 3. The maximum atomic E-state index is 13.0. The monoisotopic (exact) mass is 471 g/mol. The molecular formula is C26H28F3N3O2. The lowest BCUT2D eigenvalue weighted by molar-refractivity contribution is -0.137. The van der Waals surface area contributed by atoms with Gasteiger partial charge in [0.05, 0.1) is 5.56 Å². The Morgan fingerprint density at radius 2 is 1.82 bits per heavy atom. The Kier molecular flexibility index (Phi) is 6.85. The van der Waals surface area contributed by atoms with E-state index in [0.29, 0.717) is 13.1 Å². The minimum atomic E-state index is -4.41. The van der Waals surface area contributed by atoms with Crippen molar-refractivity contribution in [3.8, 4) is 5.75 Å². The quantitative estimate of drug-likeness (QED) is 0.543. The molecule has 0 aromatic heterocycles. The van der Waals surface area contributed by atoms with E-state index in [1.54, 1.807) is 4.90 Å². The molecule has 2 heterocycles. The van der Waals surface area contributed by atoms with Crippen LogP contribution in [0.5, 0.6) is 5.75 Å². The van der Waals surface area contributed by atoms with Gasteiger partial charge in [0, 0.05) is 37.3 Å². The molecule has 0 aliphatic carbocycles. The van der Waals surface area contributed by atoms with E-state index in [4.69, 9.17) is 11.3 Å². The van der Waals surface area contributed by atoms with E-state index in [9.17, 15) is 18.0 Å². The van der Waals surface area contributed by atoms with Gasteiger partial charge in [0.2, 0.25) is 0 Å². The Hall–Kier alpha value is -3.05. The van der Waals surface area contributed by atoms with Gasteiger partial charge in [-0.05, 0) is 80.1 Å². The highest BCUT2D eigenvalue weighted by molar-refractivity contribution is 5.94. The van der Waals surface area contributed by atoms with Crippen molar-refractivity contribution >= 4 is 5.91 Å².